The molecule has 0 bridgehead atoms. The number of hydrogen-bond donors (Lipinski definition) is 1. The molecule has 0 amide bonds. The van der Waals surface area contributed by atoms with E-state index in [4.69, 9.17) is 0 Å². The summed E-state index contributed by atoms with van der Waals surface area (Å²) in [6.45, 7) is 8.57. The molecular formula is C16H21NOS. The molecule has 0 aliphatic carbocycles. The highest BCUT2D eigenvalue weighted by molar-refractivity contribution is 7.11. The number of aliphatic hydroxyl groups is 1. The van der Waals surface area contributed by atoms with Gasteiger partial charge >= 0.3 is 0 Å². The molecule has 3 heteroatoms. The fraction of sp³-hybridized carbons (Fsp3) is 0.438. The second kappa shape index (κ2) is 5.43. The lowest BCUT2D eigenvalue weighted by Crippen LogP contribution is -2.11. The minimum Gasteiger partial charge on any atom is -0.387 e. The molecule has 0 spiro atoms. The van der Waals surface area contributed by atoms with Gasteiger partial charge < -0.3 is 5.11 Å². The molecule has 1 aromatic heterocycles. The van der Waals surface area contributed by atoms with E-state index < -0.39 is 6.10 Å². The van der Waals surface area contributed by atoms with E-state index in [2.05, 4.69) is 50.0 Å². The second-order valence-corrected chi connectivity index (χ2v) is 7.21. The molecule has 0 radical (unpaired) electrons. The van der Waals surface area contributed by atoms with Crippen molar-refractivity contribution in [2.24, 2.45) is 0 Å². The van der Waals surface area contributed by atoms with Gasteiger partial charge in [-0.15, -0.1) is 11.3 Å². The Balaban J connectivity index is 2.07. The Morgan fingerprint density at radius 1 is 1.21 bits per heavy atom. The third-order valence-electron chi connectivity index (χ3n) is 3.22. The summed E-state index contributed by atoms with van der Waals surface area (Å²) in [4.78, 5) is 5.13. The van der Waals surface area contributed by atoms with Crippen molar-refractivity contribution in [1.82, 2.24) is 4.98 Å². The first kappa shape index (κ1) is 14.2. The normalized spacial score (nSPS) is 13.5. The summed E-state index contributed by atoms with van der Waals surface area (Å²) < 4.78 is 0. The standard InChI is InChI=1S/C16H21NOS/c1-11-17-10-15(19-11)14(18)9-12-5-7-13(8-6-12)16(2,3)4/h5-8,10,14,18H,9H2,1-4H3. The highest BCUT2D eigenvalue weighted by Gasteiger charge is 2.15. The van der Waals surface area contributed by atoms with E-state index in [1.54, 1.807) is 17.5 Å². The number of aliphatic hydroxyl groups excluding tert-OH is 1. The zero-order chi connectivity index (χ0) is 14.0. The van der Waals surface area contributed by atoms with Crippen molar-refractivity contribution in [2.45, 2.75) is 45.6 Å². The van der Waals surface area contributed by atoms with Crippen LogP contribution in [0.15, 0.2) is 30.5 Å². The van der Waals surface area contributed by atoms with Crippen LogP contribution in [0.4, 0.5) is 0 Å². The maximum absolute atomic E-state index is 10.2. The van der Waals surface area contributed by atoms with Gasteiger partial charge in [0, 0.05) is 12.6 Å². The van der Waals surface area contributed by atoms with E-state index in [-0.39, 0.29) is 5.41 Å². The molecule has 1 aromatic carbocycles. The lowest BCUT2D eigenvalue weighted by molar-refractivity contribution is 0.182. The van der Waals surface area contributed by atoms with Gasteiger partial charge in [0.15, 0.2) is 0 Å². The largest absolute Gasteiger partial charge is 0.387 e. The highest BCUT2D eigenvalue weighted by atomic mass is 32.1. The van der Waals surface area contributed by atoms with Crippen molar-refractivity contribution in [3.05, 3.63) is 51.5 Å². The number of benzene rings is 1. The lowest BCUT2D eigenvalue weighted by Gasteiger charge is -2.19. The number of aromatic nitrogens is 1. The number of aryl methyl sites for hydroxylation is 1. The molecule has 102 valence electrons. The van der Waals surface area contributed by atoms with Crippen molar-refractivity contribution in [3.63, 3.8) is 0 Å². The van der Waals surface area contributed by atoms with Crippen LogP contribution in [0.25, 0.3) is 0 Å². The van der Waals surface area contributed by atoms with E-state index in [9.17, 15) is 5.11 Å². The van der Waals surface area contributed by atoms with Gasteiger partial charge in [-0.3, -0.25) is 0 Å². The summed E-state index contributed by atoms with van der Waals surface area (Å²) >= 11 is 1.56. The number of hydrogen-bond acceptors (Lipinski definition) is 3. The van der Waals surface area contributed by atoms with E-state index in [1.165, 1.54) is 5.56 Å². The van der Waals surface area contributed by atoms with E-state index >= 15 is 0 Å². The number of rotatable bonds is 3. The highest BCUT2D eigenvalue weighted by Crippen LogP contribution is 2.26. The molecule has 0 saturated heterocycles. The van der Waals surface area contributed by atoms with Crippen molar-refractivity contribution in [2.75, 3.05) is 0 Å². The Hall–Kier alpha value is -1.19. The molecule has 0 fully saturated rings. The predicted molar refractivity (Wildman–Crippen MR) is 80.7 cm³/mol. The average Bonchev–Trinajstić information content (AvgIpc) is 2.75. The Morgan fingerprint density at radius 3 is 2.32 bits per heavy atom. The molecule has 1 atom stereocenters. The first-order valence-corrected chi connectivity index (χ1v) is 7.38. The van der Waals surface area contributed by atoms with Crippen molar-refractivity contribution < 1.29 is 5.11 Å². The third kappa shape index (κ3) is 3.64. The summed E-state index contributed by atoms with van der Waals surface area (Å²) in [7, 11) is 0. The van der Waals surface area contributed by atoms with Gasteiger partial charge in [0.25, 0.3) is 0 Å². The molecule has 1 N–H and O–H groups in total. The first-order chi connectivity index (χ1) is 8.86. The fourth-order valence-corrected chi connectivity index (χ4v) is 2.77. The predicted octanol–water partition coefficient (Wildman–Crippen LogP) is 4.03. The molecular weight excluding hydrogens is 254 g/mol. The minimum atomic E-state index is -0.452. The van der Waals surface area contributed by atoms with Crippen LogP contribution in [0.5, 0.6) is 0 Å². The van der Waals surface area contributed by atoms with Crippen molar-refractivity contribution in [3.8, 4) is 0 Å². The van der Waals surface area contributed by atoms with Crippen molar-refractivity contribution in [1.29, 1.82) is 0 Å². The minimum absolute atomic E-state index is 0.173. The monoisotopic (exact) mass is 275 g/mol. The molecule has 1 heterocycles. The first-order valence-electron chi connectivity index (χ1n) is 6.56. The smallest absolute Gasteiger partial charge is 0.0938 e. The van der Waals surface area contributed by atoms with E-state index in [1.807, 2.05) is 6.92 Å². The van der Waals surface area contributed by atoms with Crippen LogP contribution in [0.3, 0.4) is 0 Å². The van der Waals surface area contributed by atoms with Gasteiger partial charge in [-0.25, -0.2) is 4.98 Å². The zero-order valence-electron chi connectivity index (χ0n) is 12.0. The lowest BCUT2D eigenvalue weighted by atomic mass is 9.86. The summed E-state index contributed by atoms with van der Waals surface area (Å²) in [5.74, 6) is 0. The Kier molecular flexibility index (Phi) is 4.07. The van der Waals surface area contributed by atoms with Crippen molar-refractivity contribution >= 4 is 11.3 Å². The van der Waals surface area contributed by atoms with Gasteiger partial charge in [-0.05, 0) is 23.5 Å². The van der Waals surface area contributed by atoms with Crippen LogP contribution in [0.2, 0.25) is 0 Å². The topological polar surface area (TPSA) is 33.1 Å². The van der Waals surface area contributed by atoms with Crippen LogP contribution in [-0.2, 0) is 11.8 Å². The van der Waals surface area contributed by atoms with Crippen LogP contribution in [0.1, 0.15) is 47.9 Å². The summed E-state index contributed by atoms with van der Waals surface area (Å²) in [6.07, 6.45) is 1.96. The third-order valence-corrected chi connectivity index (χ3v) is 4.23. The van der Waals surface area contributed by atoms with E-state index in [0.29, 0.717) is 6.42 Å². The maximum atomic E-state index is 10.2. The fourth-order valence-electron chi connectivity index (χ4n) is 2.00. The Labute approximate surface area is 119 Å². The van der Waals surface area contributed by atoms with Crippen LogP contribution >= 0.6 is 11.3 Å². The second-order valence-electron chi connectivity index (χ2n) is 5.95. The van der Waals surface area contributed by atoms with Crippen LogP contribution < -0.4 is 0 Å². The van der Waals surface area contributed by atoms with Gasteiger partial charge in [-0.2, -0.15) is 0 Å². The van der Waals surface area contributed by atoms with Crippen LogP contribution in [-0.4, -0.2) is 10.1 Å². The summed E-state index contributed by atoms with van der Waals surface area (Å²) in [6, 6.07) is 8.52. The summed E-state index contributed by atoms with van der Waals surface area (Å²) in [5.41, 5.74) is 2.65. The molecule has 2 nitrogen and oxygen atoms in total. The Bertz CT molecular complexity index is 537. The van der Waals surface area contributed by atoms with E-state index in [0.717, 1.165) is 15.4 Å². The zero-order valence-corrected chi connectivity index (χ0v) is 12.8. The Morgan fingerprint density at radius 2 is 1.84 bits per heavy atom. The molecule has 0 aliphatic rings. The number of nitrogens with zero attached hydrogens (tertiary/aromatic N) is 1. The average molecular weight is 275 g/mol. The summed E-state index contributed by atoms with van der Waals surface area (Å²) in [5, 5.41) is 11.2. The van der Waals surface area contributed by atoms with Crippen LogP contribution in [0, 0.1) is 6.92 Å². The maximum Gasteiger partial charge on any atom is 0.0938 e. The van der Waals surface area contributed by atoms with Gasteiger partial charge in [0.1, 0.15) is 0 Å². The molecule has 0 aliphatic heterocycles. The quantitative estimate of drug-likeness (QED) is 0.917. The molecule has 0 saturated carbocycles. The van der Waals surface area contributed by atoms with Gasteiger partial charge in [0.05, 0.1) is 16.0 Å². The van der Waals surface area contributed by atoms with Gasteiger partial charge in [0.2, 0.25) is 0 Å². The molecule has 2 aromatic rings. The SMILES string of the molecule is Cc1ncc(C(O)Cc2ccc(C(C)(C)C)cc2)s1. The molecule has 1 unspecified atom stereocenters. The van der Waals surface area contributed by atoms with Gasteiger partial charge in [-0.1, -0.05) is 45.0 Å². The number of thiazole rings is 1. The molecule has 2 rings (SSSR count). The molecule has 19 heavy (non-hydrogen) atoms.